The number of rotatable bonds is 4. The molecule has 4 heteroatoms. The Kier molecular flexibility index (Phi) is 3.69. The van der Waals surface area contributed by atoms with Crippen molar-refractivity contribution in [2.24, 2.45) is 0 Å². The van der Waals surface area contributed by atoms with Crippen molar-refractivity contribution < 1.29 is 4.42 Å². The molecule has 0 amide bonds. The summed E-state index contributed by atoms with van der Waals surface area (Å²) >= 11 is 0. The van der Waals surface area contributed by atoms with Gasteiger partial charge in [-0.1, -0.05) is 18.6 Å². The highest BCUT2D eigenvalue weighted by atomic mass is 16.4. The fourth-order valence-electron chi connectivity index (χ4n) is 2.67. The third-order valence-electron chi connectivity index (χ3n) is 3.86. The zero-order valence-electron chi connectivity index (χ0n) is 11.4. The monoisotopic (exact) mass is 259 g/mol. The highest BCUT2D eigenvalue weighted by molar-refractivity contribution is 5.74. The van der Waals surface area contributed by atoms with Crippen LogP contribution >= 0.6 is 0 Å². The molecule has 2 aromatic rings. The van der Waals surface area contributed by atoms with Crippen LogP contribution < -0.4 is 5.32 Å². The van der Waals surface area contributed by atoms with E-state index in [-0.39, 0.29) is 0 Å². The molecule has 102 valence electrons. The molecule has 1 N–H and O–H groups in total. The van der Waals surface area contributed by atoms with Crippen molar-refractivity contribution in [3.63, 3.8) is 0 Å². The number of nitrogens with zero attached hydrogens (tertiary/aromatic N) is 2. The highest BCUT2D eigenvalue weighted by Gasteiger charge is 2.16. The van der Waals surface area contributed by atoms with Crippen LogP contribution in [0.1, 0.15) is 26.2 Å². The summed E-state index contributed by atoms with van der Waals surface area (Å²) in [5.41, 5.74) is 1.76. The van der Waals surface area contributed by atoms with Gasteiger partial charge in [0.05, 0.1) is 0 Å². The van der Waals surface area contributed by atoms with Gasteiger partial charge in [-0.25, -0.2) is 0 Å². The van der Waals surface area contributed by atoms with Gasteiger partial charge in [0, 0.05) is 12.6 Å². The number of anilines is 1. The van der Waals surface area contributed by atoms with Gasteiger partial charge in [0.25, 0.3) is 6.01 Å². The Morgan fingerprint density at radius 1 is 1.26 bits per heavy atom. The highest BCUT2D eigenvalue weighted by Crippen LogP contribution is 2.18. The summed E-state index contributed by atoms with van der Waals surface area (Å²) in [6.07, 6.45) is 4.03. The van der Waals surface area contributed by atoms with E-state index >= 15 is 0 Å². The molecular weight excluding hydrogens is 238 g/mol. The van der Waals surface area contributed by atoms with E-state index in [0.29, 0.717) is 12.1 Å². The number of hydrogen-bond donors (Lipinski definition) is 1. The summed E-state index contributed by atoms with van der Waals surface area (Å²) < 4.78 is 5.67. The first-order chi connectivity index (χ1) is 9.33. The molecule has 1 aromatic heterocycles. The molecule has 1 aliphatic rings. The van der Waals surface area contributed by atoms with Crippen LogP contribution in [0.4, 0.5) is 6.01 Å². The van der Waals surface area contributed by atoms with E-state index < -0.39 is 0 Å². The van der Waals surface area contributed by atoms with Crippen LogP contribution in [-0.4, -0.2) is 35.6 Å². The predicted octanol–water partition coefficient (Wildman–Crippen LogP) is 3.11. The Hall–Kier alpha value is -1.55. The average Bonchev–Trinajstić information content (AvgIpc) is 2.88. The smallest absolute Gasteiger partial charge is 0.295 e. The fraction of sp³-hybridized carbons (Fsp3) is 0.533. The van der Waals surface area contributed by atoms with Crippen molar-refractivity contribution in [2.75, 3.05) is 25.0 Å². The molecule has 4 nitrogen and oxygen atoms in total. The minimum absolute atomic E-state index is 0.523. The number of hydrogen-bond acceptors (Lipinski definition) is 4. The number of aromatic nitrogens is 1. The summed E-state index contributed by atoms with van der Waals surface area (Å²) in [5.74, 6) is 0. The molecule has 0 radical (unpaired) electrons. The first kappa shape index (κ1) is 12.5. The Morgan fingerprint density at radius 2 is 2.05 bits per heavy atom. The first-order valence-electron chi connectivity index (χ1n) is 7.16. The number of oxazole rings is 1. The number of piperidine rings is 1. The van der Waals surface area contributed by atoms with Crippen molar-refractivity contribution in [2.45, 2.75) is 32.2 Å². The largest absolute Gasteiger partial charge is 0.424 e. The number of fused-ring (bicyclic) bond motifs is 1. The molecule has 1 aliphatic heterocycles. The van der Waals surface area contributed by atoms with E-state index in [1.54, 1.807) is 0 Å². The molecular formula is C15H21N3O. The third-order valence-corrected chi connectivity index (χ3v) is 3.86. The van der Waals surface area contributed by atoms with Crippen molar-refractivity contribution in [3.8, 4) is 0 Å². The summed E-state index contributed by atoms with van der Waals surface area (Å²) in [4.78, 5) is 6.97. The fourth-order valence-corrected chi connectivity index (χ4v) is 2.67. The Morgan fingerprint density at radius 3 is 2.84 bits per heavy atom. The summed E-state index contributed by atoms with van der Waals surface area (Å²) in [5, 5.41) is 3.31. The summed E-state index contributed by atoms with van der Waals surface area (Å²) in [6, 6.07) is 9.01. The van der Waals surface area contributed by atoms with Gasteiger partial charge >= 0.3 is 0 Å². The van der Waals surface area contributed by atoms with Gasteiger partial charge < -0.3 is 9.73 Å². The van der Waals surface area contributed by atoms with E-state index in [9.17, 15) is 0 Å². The van der Waals surface area contributed by atoms with Crippen LogP contribution in [0.25, 0.3) is 11.1 Å². The predicted molar refractivity (Wildman–Crippen MR) is 77.4 cm³/mol. The number of likely N-dealkylation sites (tertiary alicyclic amines) is 1. The minimum Gasteiger partial charge on any atom is -0.424 e. The van der Waals surface area contributed by atoms with Gasteiger partial charge in [-0.3, -0.25) is 4.90 Å². The first-order valence-corrected chi connectivity index (χ1v) is 7.16. The van der Waals surface area contributed by atoms with Crippen molar-refractivity contribution in [1.29, 1.82) is 0 Å². The van der Waals surface area contributed by atoms with E-state index in [0.717, 1.165) is 17.6 Å². The lowest BCUT2D eigenvalue weighted by Gasteiger charge is -2.32. The second-order valence-corrected chi connectivity index (χ2v) is 5.31. The Balaban J connectivity index is 1.58. The van der Waals surface area contributed by atoms with Crippen LogP contribution in [0.2, 0.25) is 0 Å². The maximum Gasteiger partial charge on any atom is 0.295 e. The molecule has 0 bridgehead atoms. The topological polar surface area (TPSA) is 41.3 Å². The minimum atomic E-state index is 0.523. The average molecular weight is 259 g/mol. The standard InChI is InChI=1S/C15H21N3O/c1-12(18-9-5-2-6-10-18)11-16-15-17-13-7-3-4-8-14(13)19-15/h3-4,7-8,12H,2,5-6,9-11H2,1H3,(H,16,17). The van der Waals surface area contributed by atoms with E-state index in [1.807, 2.05) is 24.3 Å². The quantitative estimate of drug-likeness (QED) is 0.916. The second-order valence-electron chi connectivity index (χ2n) is 5.31. The van der Waals surface area contributed by atoms with E-state index in [1.165, 1.54) is 32.4 Å². The van der Waals surface area contributed by atoms with Gasteiger partial charge in [0.1, 0.15) is 5.52 Å². The molecule has 1 unspecified atom stereocenters. The van der Waals surface area contributed by atoms with Gasteiger partial charge in [-0.05, 0) is 45.0 Å². The molecule has 0 aliphatic carbocycles. The summed E-state index contributed by atoms with van der Waals surface area (Å²) in [7, 11) is 0. The van der Waals surface area contributed by atoms with Crippen LogP contribution in [0.15, 0.2) is 28.7 Å². The van der Waals surface area contributed by atoms with Crippen LogP contribution in [0.5, 0.6) is 0 Å². The van der Waals surface area contributed by atoms with Crippen LogP contribution in [-0.2, 0) is 0 Å². The van der Waals surface area contributed by atoms with Crippen molar-refractivity contribution in [3.05, 3.63) is 24.3 Å². The molecule has 1 saturated heterocycles. The molecule has 0 saturated carbocycles. The van der Waals surface area contributed by atoms with E-state index in [2.05, 4.69) is 22.1 Å². The van der Waals surface area contributed by atoms with E-state index in [4.69, 9.17) is 4.42 Å². The molecule has 1 fully saturated rings. The summed E-state index contributed by atoms with van der Waals surface area (Å²) in [6.45, 7) is 5.58. The molecule has 2 heterocycles. The molecule has 19 heavy (non-hydrogen) atoms. The molecule has 1 aromatic carbocycles. The lowest BCUT2D eigenvalue weighted by atomic mass is 10.1. The van der Waals surface area contributed by atoms with Crippen LogP contribution in [0, 0.1) is 0 Å². The normalized spacial score (nSPS) is 18.6. The number of para-hydroxylation sites is 2. The molecule has 3 rings (SSSR count). The maximum absolute atomic E-state index is 5.67. The Labute approximate surface area is 113 Å². The van der Waals surface area contributed by atoms with Crippen molar-refractivity contribution >= 4 is 17.1 Å². The lowest BCUT2D eigenvalue weighted by molar-refractivity contribution is 0.180. The van der Waals surface area contributed by atoms with Crippen LogP contribution in [0.3, 0.4) is 0 Å². The molecule has 0 spiro atoms. The maximum atomic E-state index is 5.67. The SMILES string of the molecule is CC(CNc1nc2ccccc2o1)N1CCCCC1. The van der Waals surface area contributed by atoms with Gasteiger partial charge in [-0.2, -0.15) is 4.98 Å². The zero-order valence-corrected chi connectivity index (χ0v) is 11.4. The van der Waals surface area contributed by atoms with Gasteiger partial charge in [0.15, 0.2) is 5.58 Å². The van der Waals surface area contributed by atoms with Gasteiger partial charge in [0.2, 0.25) is 0 Å². The Bertz CT molecular complexity index is 498. The van der Waals surface area contributed by atoms with Gasteiger partial charge in [-0.15, -0.1) is 0 Å². The third kappa shape index (κ3) is 2.89. The number of nitrogens with one attached hydrogen (secondary N) is 1. The molecule has 1 atom stereocenters. The second kappa shape index (κ2) is 5.61. The lowest BCUT2D eigenvalue weighted by Crippen LogP contribution is -2.41. The zero-order chi connectivity index (χ0) is 13.1. The number of benzene rings is 1. The van der Waals surface area contributed by atoms with Crippen molar-refractivity contribution in [1.82, 2.24) is 9.88 Å².